The minimum atomic E-state index is -3.84. The van der Waals surface area contributed by atoms with E-state index < -0.39 is 15.9 Å². The predicted molar refractivity (Wildman–Crippen MR) is 114 cm³/mol. The lowest BCUT2D eigenvalue weighted by atomic mass is 10.3. The number of halogens is 1. The van der Waals surface area contributed by atoms with E-state index in [2.05, 4.69) is 20.0 Å². The molecule has 0 bridgehead atoms. The molecule has 0 atom stereocenters. The largest absolute Gasteiger partial charge is 0.482 e. The third kappa shape index (κ3) is 5.68. The summed E-state index contributed by atoms with van der Waals surface area (Å²) in [6.07, 6.45) is 0. The van der Waals surface area contributed by atoms with Crippen LogP contribution < -0.4 is 14.8 Å². The maximum atomic E-state index is 12.6. The van der Waals surface area contributed by atoms with Crippen molar-refractivity contribution in [2.24, 2.45) is 0 Å². The summed E-state index contributed by atoms with van der Waals surface area (Å²) in [6.45, 7) is 3.19. The van der Waals surface area contributed by atoms with Crippen molar-refractivity contribution in [1.29, 1.82) is 0 Å². The lowest BCUT2D eigenvalue weighted by molar-refractivity contribution is -0.118. The van der Waals surface area contributed by atoms with Crippen molar-refractivity contribution < 1.29 is 17.9 Å². The number of ether oxygens (including phenoxy) is 1. The van der Waals surface area contributed by atoms with Crippen molar-refractivity contribution >= 4 is 39.0 Å². The minimum Gasteiger partial charge on any atom is -0.482 e. The molecule has 2 N–H and O–H groups in total. The Morgan fingerprint density at radius 2 is 1.77 bits per heavy atom. The molecule has 1 amide bonds. The molecule has 1 heterocycles. The van der Waals surface area contributed by atoms with Crippen LogP contribution in [0.25, 0.3) is 0 Å². The number of amides is 1. The van der Waals surface area contributed by atoms with Gasteiger partial charge in [-0.05, 0) is 50.2 Å². The Labute approximate surface area is 179 Å². The molecule has 0 aliphatic rings. The summed E-state index contributed by atoms with van der Waals surface area (Å²) in [4.78, 5) is 20.3. The van der Waals surface area contributed by atoms with Gasteiger partial charge in [0.25, 0.3) is 15.9 Å². The molecule has 0 radical (unpaired) electrons. The Morgan fingerprint density at radius 3 is 2.43 bits per heavy atom. The van der Waals surface area contributed by atoms with Crippen LogP contribution in [-0.2, 0) is 14.8 Å². The fraction of sp³-hybridized carbons (Fsp3) is 0.150. The van der Waals surface area contributed by atoms with Crippen molar-refractivity contribution in [3.8, 4) is 5.75 Å². The van der Waals surface area contributed by atoms with E-state index in [0.717, 1.165) is 0 Å². The normalized spacial score (nSPS) is 11.0. The molecule has 0 spiro atoms. The van der Waals surface area contributed by atoms with Gasteiger partial charge in [0.1, 0.15) is 17.4 Å². The van der Waals surface area contributed by atoms with Gasteiger partial charge in [0.05, 0.1) is 9.92 Å². The zero-order valence-corrected chi connectivity index (χ0v) is 17.8. The summed E-state index contributed by atoms with van der Waals surface area (Å²) >= 11 is 5.98. The first-order chi connectivity index (χ1) is 14.2. The molecule has 10 heteroatoms. The first kappa shape index (κ1) is 21.5. The van der Waals surface area contributed by atoms with Gasteiger partial charge in [0, 0.05) is 17.4 Å². The highest BCUT2D eigenvalue weighted by Gasteiger charge is 2.16. The fourth-order valence-corrected chi connectivity index (χ4v) is 3.77. The average Bonchev–Trinajstić information content (AvgIpc) is 2.66. The molecule has 0 unspecified atom stereocenters. The maximum absolute atomic E-state index is 12.6. The number of hydrogen-bond acceptors (Lipinski definition) is 6. The minimum absolute atomic E-state index is 0.0294. The van der Waals surface area contributed by atoms with Gasteiger partial charge < -0.3 is 10.1 Å². The van der Waals surface area contributed by atoms with Gasteiger partial charge in [-0.3, -0.25) is 9.52 Å². The lowest BCUT2D eigenvalue weighted by Crippen LogP contribution is -2.20. The summed E-state index contributed by atoms with van der Waals surface area (Å²) in [5.41, 5.74) is 1.08. The highest BCUT2D eigenvalue weighted by atomic mass is 35.5. The van der Waals surface area contributed by atoms with Gasteiger partial charge in [-0.15, -0.1) is 0 Å². The van der Waals surface area contributed by atoms with Crippen LogP contribution >= 0.6 is 11.6 Å². The monoisotopic (exact) mass is 446 g/mol. The molecule has 0 saturated carbocycles. The number of benzene rings is 2. The van der Waals surface area contributed by atoms with E-state index in [1.165, 1.54) is 30.3 Å². The molecular formula is C20H19ClN4O4S. The second-order valence-electron chi connectivity index (χ2n) is 6.34. The van der Waals surface area contributed by atoms with Crippen molar-refractivity contribution in [2.45, 2.75) is 18.7 Å². The van der Waals surface area contributed by atoms with Crippen LogP contribution in [0.15, 0.2) is 59.5 Å². The molecule has 30 heavy (non-hydrogen) atoms. The van der Waals surface area contributed by atoms with Gasteiger partial charge in [-0.25, -0.2) is 18.4 Å². The van der Waals surface area contributed by atoms with E-state index in [9.17, 15) is 13.2 Å². The Hall–Kier alpha value is -3.17. The molecule has 0 saturated heterocycles. The maximum Gasteiger partial charge on any atom is 0.263 e. The molecule has 8 nitrogen and oxygen atoms in total. The number of sulfonamides is 1. The van der Waals surface area contributed by atoms with Crippen LogP contribution in [0, 0.1) is 13.8 Å². The Morgan fingerprint density at radius 1 is 1.07 bits per heavy atom. The van der Waals surface area contributed by atoms with Gasteiger partial charge in [0.15, 0.2) is 6.61 Å². The average molecular weight is 447 g/mol. The molecule has 0 aliphatic heterocycles. The summed E-state index contributed by atoms with van der Waals surface area (Å²) in [5, 5.41) is 3.04. The highest BCUT2D eigenvalue weighted by molar-refractivity contribution is 7.92. The molecule has 1 aromatic heterocycles. The number of rotatable bonds is 7. The topological polar surface area (TPSA) is 110 Å². The second kappa shape index (κ2) is 9.10. The smallest absolute Gasteiger partial charge is 0.263 e. The number of anilines is 2. The molecule has 156 valence electrons. The third-order valence-electron chi connectivity index (χ3n) is 3.85. The van der Waals surface area contributed by atoms with Crippen molar-refractivity contribution in [1.82, 2.24) is 9.97 Å². The number of carbonyl (C=O) groups is 1. The number of aromatic nitrogens is 2. The molecule has 0 aliphatic carbocycles. The molecule has 2 aromatic carbocycles. The van der Waals surface area contributed by atoms with Crippen LogP contribution in [0.4, 0.5) is 11.5 Å². The zero-order valence-electron chi connectivity index (χ0n) is 16.2. The number of aryl methyl sites for hydroxylation is 2. The van der Waals surface area contributed by atoms with Crippen LogP contribution in [0.1, 0.15) is 11.5 Å². The van der Waals surface area contributed by atoms with Crippen molar-refractivity contribution in [2.75, 3.05) is 16.6 Å². The standard InChI is InChI=1S/C20H19ClN4O4S/c1-13-11-19(23-14(2)22-13)25-30(27,28)16-9-7-15(8-10-16)24-20(26)12-29-18-6-4-3-5-17(18)21/h3-11H,12H2,1-2H3,(H,24,26)(H,22,23,25). The lowest BCUT2D eigenvalue weighted by Gasteiger charge is -2.10. The van der Waals surface area contributed by atoms with E-state index in [-0.39, 0.29) is 17.3 Å². The number of carbonyl (C=O) groups excluding carboxylic acids is 1. The molecule has 3 aromatic rings. The second-order valence-corrected chi connectivity index (χ2v) is 8.43. The zero-order chi connectivity index (χ0) is 21.7. The van der Waals surface area contributed by atoms with Crippen molar-refractivity contribution in [3.05, 3.63) is 71.1 Å². The van der Waals surface area contributed by atoms with E-state index in [1.54, 1.807) is 38.1 Å². The van der Waals surface area contributed by atoms with E-state index in [1.807, 2.05) is 0 Å². The van der Waals surface area contributed by atoms with E-state index in [4.69, 9.17) is 16.3 Å². The molecule has 0 fully saturated rings. The van der Waals surface area contributed by atoms with E-state index >= 15 is 0 Å². The molecule has 3 rings (SSSR count). The third-order valence-corrected chi connectivity index (χ3v) is 5.53. The Balaban J connectivity index is 1.62. The summed E-state index contributed by atoms with van der Waals surface area (Å²) in [6, 6.07) is 14.1. The van der Waals surface area contributed by atoms with Gasteiger partial charge >= 0.3 is 0 Å². The van der Waals surface area contributed by atoms with Crippen LogP contribution in [-0.4, -0.2) is 30.9 Å². The van der Waals surface area contributed by atoms with Crippen LogP contribution in [0.5, 0.6) is 5.75 Å². The first-order valence-electron chi connectivity index (χ1n) is 8.85. The number of para-hydroxylation sites is 1. The van der Waals surface area contributed by atoms with Gasteiger partial charge in [-0.2, -0.15) is 0 Å². The van der Waals surface area contributed by atoms with Gasteiger partial charge in [-0.1, -0.05) is 23.7 Å². The quantitative estimate of drug-likeness (QED) is 0.574. The summed E-state index contributed by atoms with van der Waals surface area (Å²) < 4.78 is 32.9. The van der Waals surface area contributed by atoms with Crippen LogP contribution in [0.3, 0.4) is 0 Å². The summed E-state index contributed by atoms with van der Waals surface area (Å²) in [7, 11) is -3.84. The summed E-state index contributed by atoms with van der Waals surface area (Å²) in [5.74, 6) is 0.645. The van der Waals surface area contributed by atoms with Gasteiger partial charge in [0.2, 0.25) is 0 Å². The predicted octanol–water partition coefficient (Wildman–Crippen LogP) is 3.57. The SMILES string of the molecule is Cc1cc(NS(=O)(=O)c2ccc(NC(=O)COc3ccccc3Cl)cc2)nc(C)n1. The van der Waals surface area contributed by atoms with Crippen LogP contribution in [0.2, 0.25) is 5.02 Å². The number of hydrogen-bond donors (Lipinski definition) is 2. The number of nitrogens with zero attached hydrogens (tertiary/aromatic N) is 2. The Bertz CT molecular complexity index is 1150. The van der Waals surface area contributed by atoms with E-state index in [0.29, 0.717) is 28.0 Å². The number of nitrogens with one attached hydrogen (secondary N) is 2. The highest BCUT2D eigenvalue weighted by Crippen LogP contribution is 2.23. The first-order valence-corrected chi connectivity index (χ1v) is 10.7. The Kier molecular flexibility index (Phi) is 6.53. The fourth-order valence-electron chi connectivity index (χ4n) is 2.59. The van der Waals surface area contributed by atoms with Crippen molar-refractivity contribution in [3.63, 3.8) is 0 Å². The molecular weight excluding hydrogens is 428 g/mol.